The number of aliphatic carboxylic acids is 1. The van der Waals surface area contributed by atoms with Crippen molar-refractivity contribution >= 4 is 11.9 Å². The van der Waals surface area contributed by atoms with Crippen LogP contribution in [-0.4, -0.2) is 29.6 Å². The Morgan fingerprint density at radius 2 is 1.87 bits per heavy atom. The summed E-state index contributed by atoms with van der Waals surface area (Å²) >= 11 is 0. The van der Waals surface area contributed by atoms with Gasteiger partial charge in [0.1, 0.15) is 17.6 Å². The van der Waals surface area contributed by atoms with Gasteiger partial charge in [-0.05, 0) is 86.2 Å². The lowest BCUT2D eigenvalue weighted by molar-refractivity contribution is -0.140. The van der Waals surface area contributed by atoms with Crippen molar-refractivity contribution in [3.05, 3.63) is 29.1 Å². The summed E-state index contributed by atoms with van der Waals surface area (Å²) in [5.41, 5.74) is 1.05. The lowest BCUT2D eigenvalue weighted by Gasteiger charge is -2.33. The molecule has 5 aliphatic carbocycles. The molecule has 5 fully saturated rings. The largest absolute Gasteiger partial charge is 0.493 e. The quantitative estimate of drug-likeness (QED) is 0.625. The summed E-state index contributed by atoms with van der Waals surface area (Å²) in [4.78, 5) is 24.1. The molecule has 2 unspecified atom stereocenters. The Hall–Kier alpha value is -2.11. The molecule has 0 radical (unpaired) electrons. The molecule has 5 nitrogen and oxygen atoms in total. The van der Waals surface area contributed by atoms with Crippen LogP contribution in [0.2, 0.25) is 0 Å². The van der Waals surface area contributed by atoms with E-state index in [1.165, 1.54) is 38.2 Å². The normalized spacial score (nSPS) is 31.8. The van der Waals surface area contributed by atoms with E-state index in [-0.39, 0.29) is 22.8 Å². The van der Waals surface area contributed by atoms with Gasteiger partial charge >= 0.3 is 5.97 Å². The standard InChI is InChI=1S/C25H32FNO4/c1-13(2)22(24(29)30)27-23(28)19-8-18(16-3-4-16)21(9-20(19)26)31-12-25-10-14-5-15(11-25)7-17(25)6-14/h8-9,13-17,22H,3-7,10-12H2,1-2H3,(H,27,28)(H,29,30)/t14?,15?,17?,22-,25?/m0/s1. The number of amides is 1. The van der Waals surface area contributed by atoms with Gasteiger partial charge in [0.15, 0.2) is 0 Å². The molecule has 0 saturated heterocycles. The van der Waals surface area contributed by atoms with Crippen LogP contribution in [0.4, 0.5) is 4.39 Å². The van der Waals surface area contributed by atoms with Gasteiger partial charge in [0.2, 0.25) is 0 Å². The molecule has 6 heteroatoms. The number of carbonyl (C=O) groups excluding carboxylic acids is 1. The van der Waals surface area contributed by atoms with Gasteiger partial charge in [0.25, 0.3) is 5.91 Å². The van der Waals surface area contributed by atoms with Crippen LogP contribution in [0.5, 0.6) is 5.75 Å². The zero-order valence-corrected chi connectivity index (χ0v) is 18.3. The van der Waals surface area contributed by atoms with Gasteiger partial charge in [0.05, 0.1) is 12.2 Å². The molecule has 0 aromatic heterocycles. The number of carbonyl (C=O) groups is 2. The van der Waals surface area contributed by atoms with E-state index in [1.54, 1.807) is 19.9 Å². The van der Waals surface area contributed by atoms with Crippen LogP contribution < -0.4 is 10.1 Å². The summed E-state index contributed by atoms with van der Waals surface area (Å²) in [5.74, 6) is 0.533. The van der Waals surface area contributed by atoms with Crippen molar-refractivity contribution in [2.75, 3.05) is 6.61 Å². The highest BCUT2D eigenvalue weighted by atomic mass is 19.1. The molecule has 1 aromatic carbocycles. The van der Waals surface area contributed by atoms with Gasteiger partial charge < -0.3 is 15.2 Å². The monoisotopic (exact) mass is 429 g/mol. The molecule has 0 aliphatic heterocycles. The minimum Gasteiger partial charge on any atom is -0.493 e. The predicted molar refractivity (Wildman–Crippen MR) is 114 cm³/mol. The third-order valence-corrected chi connectivity index (χ3v) is 8.25. The van der Waals surface area contributed by atoms with Crippen LogP contribution in [0.3, 0.4) is 0 Å². The summed E-state index contributed by atoms with van der Waals surface area (Å²) in [7, 11) is 0. The number of rotatable bonds is 8. The van der Waals surface area contributed by atoms with Crippen molar-refractivity contribution in [2.45, 2.75) is 70.8 Å². The van der Waals surface area contributed by atoms with Crippen molar-refractivity contribution < 1.29 is 23.8 Å². The Morgan fingerprint density at radius 3 is 2.45 bits per heavy atom. The van der Waals surface area contributed by atoms with Crippen LogP contribution in [0.15, 0.2) is 12.1 Å². The second kappa shape index (κ2) is 7.49. The molecule has 1 amide bonds. The van der Waals surface area contributed by atoms with E-state index in [1.807, 2.05) is 0 Å². The molecule has 6 rings (SSSR count). The number of ether oxygens (including phenoxy) is 1. The topological polar surface area (TPSA) is 75.6 Å². The molecule has 1 aromatic rings. The average molecular weight is 430 g/mol. The zero-order chi connectivity index (χ0) is 21.9. The molecular formula is C25H32FNO4. The molecule has 4 bridgehead atoms. The maximum absolute atomic E-state index is 15.0. The van der Waals surface area contributed by atoms with E-state index in [4.69, 9.17) is 4.74 Å². The van der Waals surface area contributed by atoms with Gasteiger partial charge in [-0.1, -0.05) is 13.8 Å². The van der Waals surface area contributed by atoms with Crippen molar-refractivity contribution in [1.29, 1.82) is 0 Å². The fourth-order valence-corrected chi connectivity index (χ4v) is 6.74. The molecule has 0 spiro atoms. The van der Waals surface area contributed by atoms with Crippen molar-refractivity contribution in [1.82, 2.24) is 5.32 Å². The number of carboxylic acids is 1. The summed E-state index contributed by atoms with van der Waals surface area (Å²) in [6.07, 6.45) is 8.50. The first-order valence-electron chi connectivity index (χ1n) is 11.8. The summed E-state index contributed by atoms with van der Waals surface area (Å²) in [6, 6.07) is 1.89. The highest BCUT2D eigenvalue weighted by Crippen LogP contribution is 2.65. The third kappa shape index (κ3) is 3.72. The molecule has 3 atom stereocenters. The number of halogens is 1. The number of carboxylic acid groups (broad SMARTS) is 1. The van der Waals surface area contributed by atoms with Crippen LogP contribution >= 0.6 is 0 Å². The van der Waals surface area contributed by atoms with Gasteiger partial charge in [-0.3, -0.25) is 4.79 Å². The van der Waals surface area contributed by atoms with Gasteiger partial charge in [-0.15, -0.1) is 0 Å². The molecular weight excluding hydrogens is 397 g/mol. The lowest BCUT2D eigenvalue weighted by atomic mass is 9.76. The molecule has 168 valence electrons. The lowest BCUT2D eigenvalue weighted by Crippen LogP contribution is -2.44. The van der Waals surface area contributed by atoms with Crippen LogP contribution in [0.25, 0.3) is 0 Å². The fourth-order valence-electron chi connectivity index (χ4n) is 6.74. The zero-order valence-electron chi connectivity index (χ0n) is 18.3. The fraction of sp³-hybridized carbons (Fsp3) is 0.680. The van der Waals surface area contributed by atoms with E-state index >= 15 is 0 Å². The Morgan fingerprint density at radius 1 is 1.19 bits per heavy atom. The predicted octanol–water partition coefficient (Wildman–Crippen LogP) is 4.75. The Bertz CT molecular complexity index is 895. The van der Waals surface area contributed by atoms with E-state index in [2.05, 4.69) is 5.32 Å². The first-order valence-corrected chi connectivity index (χ1v) is 11.8. The first-order chi connectivity index (χ1) is 14.8. The molecule has 31 heavy (non-hydrogen) atoms. The second-order valence-corrected chi connectivity index (χ2v) is 10.9. The maximum Gasteiger partial charge on any atom is 0.326 e. The summed E-state index contributed by atoms with van der Waals surface area (Å²) < 4.78 is 21.3. The number of hydrogen-bond donors (Lipinski definition) is 2. The molecule has 5 saturated carbocycles. The molecule has 2 N–H and O–H groups in total. The van der Waals surface area contributed by atoms with Crippen LogP contribution in [-0.2, 0) is 4.79 Å². The molecule has 5 aliphatic rings. The van der Waals surface area contributed by atoms with Crippen molar-refractivity contribution in [3.63, 3.8) is 0 Å². The van der Waals surface area contributed by atoms with E-state index in [9.17, 15) is 19.1 Å². The average Bonchev–Trinajstić information content (AvgIpc) is 3.47. The van der Waals surface area contributed by atoms with Crippen LogP contribution in [0, 0.1) is 34.9 Å². The Labute approximate surface area is 182 Å². The SMILES string of the molecule is CC(C)[C@H](NC(=O)c1cc(C2CC2)c(OCC23CC4CC(CC2C4)C3)cc1F)C(=O)O. The Balaban J connectivity index is 1.35. The summed E-state index contributed by atoms with van der Waals surface area (Å²) in [6.45, 7) is 4.07. The number of hydrogen-bond acceptors (Lipinski definition) is 3. The van der Waals surface area contributed by atoms with E-state index < -0.39 is 23.7 Å². The number of nitrogens with one attached hydrogen (secondary N) is 1. The van der Waals surface area contributed by atoms with Crippen molar-refractivity contribution in [3.8, 4) is 5.75 Å². The smallest absolute Gasteiger partial charge is 0.326 e. The van der Waals surface area contributed by atoms with Crippen LogP contribution in [0.1, 0.15) is 80.6 Å². The van der Waals surface area contributed by atoms with E-state index in [0.29, 0.717) is 12.4 Å². The van der Waals surface area contributed by atoms with E-state index in [0.717, 1.165) is 36.2 Å². The number of benzene rings is 1. The van der Waals surface area contributed by atoms with Gasteiger partial charge in [0, 0.05) is 11.5 Å². The third-order valence-electron chi connectivity index (χ3n) is 8.25. The first kappa shape index (κ1) is 20.8. The van der Waals surface area contributed by atoms with Gasteiger partial charge in [-0.25, -0.2) is 9.18 Å². The minimum atomic E-state index is -1.12. The summed E-state index contributed by atoms with van der Waals surface area (Å²) in [5, 5.41) is 11.8. The molecule has 0 heterocycles. The minimum absolute atomic E-state index is 0.0971. The van der Waals surface area contributed by atoms with Crippen molar-refractivity contribution in [2.24, 2.45) is 29.1 Å². The second-order valence-electron chi connectivity index (χ2n) is 10.9. The van der Waals surface area contributed by atoms with Gasteiger partial charge in [-0.2, -0.15) is 0 Å². The maximum atomic E-state index is 15.0. The Kier molecular flexibility index (Phi) is 5.02. The highest BCUT2D eigenvalue weighted by molar-refractivity contribution is 5.97. The highest BCUT2D eigenvalue weighted by Gasteiger charge is 2.58.